The average molecular weight is 254 g/mol. The fourth-order valence-corrected chi connectivity index (χ4v) is 3.00. The van der Waals surface area contributed by atoms with Crippen molar-refractivity contribution in [2.45, 2.75) is 58.6 Å². The first-order valence-electron chi connectivity index (χ1n) is 7.06. The molecular formula is C14H26N2O2. The molecule has 0 bridgehead atoms. The fourth-order valence-electron chi connectivity index (χ4n) is 3.00. The van der Waals surface area contributed by atoms with E-state index in [2.05, 4.69) is 25.7 Å². The number of rotatable bonds is 3. The maximum absolute atomic E-state index is 10.9. The lowest BCUT2D eigenvalue weighted by Gasteiger charge is -2.45. The maximum Gasteiger partial charge on any atom is 0.404 e. The Balaban J connectivity index is 1.97. The third-order valence-electron chi connectivity index (χ3n) is 4.14. The lowest BCUT2D eigenvalue weighted by Crippen LogP contribution is -2.52. The molecule has 2 unspecified atom stereocenters. The van der Waals surface area contributed by atoms with Gasteiger partial charge in [0.05, 0.1) is 0 Å². The van der Waals surface area contributed by atoms with Crippen LogP contribution in [0.25, 0.3) is 0 Å². The molecule has 0 aromatic carbocycles. The van der Waals surface area contributed by atoms with Crippen molar-refractivity contribution in [2.24, 2.45) is 17.1 Å². The van der Waals surface area contributed by atoms with Crippen LogP contribution >= 0.6 is 0 Å². The quantitative estimate of drug-likeness (QED) is 0.841. The predicted octanol–water partition coefficient (Wildman–Crippen LogP) is 2.37. The molecule has 0 aromatic rings. The molecule has 0 aromatic heterocycles. The summed E-state index contributed by atoms with van der Waals surface area (Å²) in [4.78, 5) is 13.5. The number of nitrogens with zero attached hydrogens (tertiary/aromatic N) is 1. The van der Waals surface area contributed by atoms with Gasteiger partial charge in [0, 0.05) is 25.6 Å². The smallest absolute Gasteiger partial charge is 0.404 e. The Morgan fingerprint density at radius 3 is 2.50 bits per heavy atom. The number of ether oxygens (including phenoxy) is 1. The Hall–Kier alpha value is -0.770. The number of carbonyl (C=O) groups is 1. The maximum atomic E-state index is 10.9. The Labute approximate surface area is 110 Å². The van der Waals surface area contributed by atoms with Crippen molar-refractivity contribution in [3.63, 3.8) is 0 Å². The number of piperidine rings is 1. The van der Waals surface area contributed by atoms with Gasteiger partial charge in [-0.1, -0.05) is 20.8 Å². The van der Waals surface area contributed by atoms with E-state index >= 15 is 0 Å². The van der Waals surface area contributed by atoms with Gasteiger partial charge in [-0.05, 0) is 30.6 Å². The van der Waals surface area contributed by atoms with Crippen molar-refractivity contribution >= 4 is 6.09 Å². The van der Waals surface area contributed by atoms with E-state index in [0.717, 1.165) is 25.3 Å². The molecule has 2 aliphatic rings. The molecule has 1 aliphatic heterocycles. The number of carbonyl (C=O) groups excluding carboxylic acids is 1. The third kappa shape index (κ3) is 3.61. The van der Waals surface area contributed by atoms with Crippen molar-refractivity contribution in [1.29, 1.82) is 0 Å². The zero-order valence-electron chi connectivity index (χ0n) is 11.8. The van der Waals surface area contributed by atoms with Crippen LogP contribution in [0.3, 0.4) is 0 Å². The molecule has 104 valence electrons. The van der Waals surface area contributed by atoms with Crippen LogP contribution in [0.5, 0.6) is 0 Å². The lowest BCUT2D eigenvalue weighted by molar-refractivity contribution is -0.0126. The molecule has 4 heteroatoms. The molecule has 2 N–H and O–H groups in total. The molecule has 18 heavy (non-hydrogen) atoms. The molecule has 1 aliphatic carbocycles. The van der Waals surface area contributed by atoms with E-state index in [0.29, 0.717) is 6.04 Å². The summed E-state index contributed by atoms with van der Waals surface area (Å²) in [5, 5.41) is 0. The highest BCUT2D eigenvalue weighted by Gasteiger charge is 2.39. The van der Waals surface area contributed by atoms with Crippen molar-refractivity contribution in [3.8, 4) is 0 Å². The van der Waals surface area contributed by atoms with E-state index < -0.39 is 6.09 Å². The van der Waals surface area contributed by atoms with Crippen LogP contribution in [0.2, 0.25) is 0 Å². The number of likely N-dealkylation sites (tertiary alicyclic amines) is 1. The Bertz CT molecular complexity index is 307. The standard InChI is InChI=1S/C14H26N2O2/c1-14(2,3)12-8-11(18-13(15)17)6-7-16(12)9-10-4-5-10/h10-12H,4-9H2,1-3H3,(H2,15,17). The highest BCUT2D eigenvalue weighted by molar-refractivity contribution is 5.64. The van der Waals surface area contributed by atoms with Crippen LogP contribution in [0, 0.1) is 11.3 Å². The van der Waals surface area contributed by atoms with E-state index in [4.69, 9.17) is 10.5 Å². The normalized spacial score (nSPS) is 30.2. The van der Waals surface area contributed by atoms with E-state index in [-0.39, 0.29) is 11.5 Å². The van der Waals surface area contributed by atoms with Gasteiger partial charge in [-0.15, -0.1) is 0 Å². The summed E-state index contributed by atoms with van der Waals surface area (Å²) in [5.41, 5.74) is 5.35. The summed E-state index contributed by atoms with van der Waals surface area (Å²) in [7, 11) is 0. The van der Waals surface area contributed by atoms with Gasteiger partial charge in [-0.3, -0.25) is 4.90 Å². The van der Waals surface area contributed by atoms with Gasteiger partial charge in [0.25, 0.3) is 0 Å². The van der Waals surface area contributed by atoms with Crippen molar-refractivity contribution in [2.75, 3.05) is 13.1 Å². The van der Waals surface area contributed by atoms with E-state index in [1.807, 2.05) is 0 Å². The van der Waals surface area contributed by atoms with Gasteiger partial charge in [-0.2, -0.15) is 0 Å². The van der Waals surface area contributed by atoms with Crippen molar-refractivity contribution in [3.05, 3.63) is 0 Å². The SMILES string of the molecule is CC(C)(C)C1CC(OC(N)=O)CCN1CC1CC1. The summed E-state index contributed by atoms with van der Waals surface area (Å²) in [6, 6.07) is 0.483. The first kappa shape index (κ1) is 13.7. The Kier molecular flexibility index (Phi) is 3.85. The van der Waals surface area contributed by atoms with Crippen LogP contribution in [0.4, 0.5) is 4.79 Å². The second-order valence-corrected chi connectivity index (χ2v) is 6.90. The number of primary amides is 1. The second kappa shape index (κ2) is 5.08. The summed E-state index contributed by atoms with van der Waals surface area (Å²) in [6.07, 6.45) is 3.97. The van der Waals surface area contributed by atoms with E-state index in [1.54, 1.807) is 0 Å². The monoisotopic (exact) mass is 254 g/mol. The molecule has 2 atom stereocenters. The number of hydrogen-bond donors (Lipinski definition) is 1. The van der Waals surface area contributed by atoms with Gasteiger partial charge in [0.15, 0.2) is 0 Å². The molecule has 1 saturated carbocycles. The Morgan fingerprint density at radius 1 is 1.33 bits per heavy atom. The summed E-state index contributed by atoms with van der Waals surface area (Å²) < 4.78 is 5.20. The topological polar surface area (TPSA) is 55.6 Å². The summed E-state index contributed by atoms with van der Waals surface area (Å²) in [6.45, 7) is 9.04. The number of hydrogen-bond acceptors (Lipinski definition) is 3. The minimum atomic E-state index is -0.636. The summed E-state index contributed by atoms with van der Waals surface area (Å²) >= 11 is 0. The first-order valence-corrected chi connectivity index (χ1v) is 7.06. The van der Waals surface area contributed by atoms with Gasteiger partial charge in [0.2, 0.25) is 0 Å². The first-order chi connectivity index (χ1) is 8.36. The van der Waals surface area contributed by atoms with Crippen LogP contribution in [0.15, 0.2) is 0 Å². The largest absolute Gasteiger partial charge is 0.446 e. The molecule has 4 nitrogen and oxygen atoms in total. The fraction of sp³-hybridized carbons (Fsp3) is 0.929. The highest BCUT2D eigenvalue weighted by atomic mass is 16.6. The Morgan fingerprint density at radius 2 is 2.00 bits per heavy atom. The molecule has 1 heterocycles. The third-order valence-corrected chi connectivity index (χ3v) is 4.14. The van der Waals surface area contributed by atoms with Gasteiger partial charge < -0.3 is 10.5 Å². The molecule has 1 amide bonds. The van der Waals surface area contributed by atoms with Crippen molar-refractivity contribution < 1.29 is 9.53 Å². The molecule has 0 radical (unpaired) electrons. The second-order valence-electron chi connectivity index (χ2n) is 6.90. The average Bonchev–Trinajstić information content (AvgIpc) is 3.02. The van der Waals surface area contributed by atoms with Gasteiger partial charge in [0.1, 0.15) is 6.10 Å². The zero-order valence-corrected chi connectivity index (χ0v) is 11.8. The molecule has 2 fully saturated rings. The minimum Gasteiger partial charge on any atom is -0.446 e. The molecule has 1 saturated heterocycles. The predicted molar refractivity (Wildman–Crippen MR) is 71.2 cm³/mol. The molecule has 2 rings (SSSR count). The van der Waals surface area contributed by atoms with Gasteiger partial charge in [-0.25, -0.2) is 4.79 Å². The van der Waals surface area contributed by atoms with Crippen molar-refractivity contribution in [1.82, 2.24) is 4.90 Å². The highest BCUT2D eigenvalue weighted by Crippen LogP contribution is 2.37. The van der Waals surface area contributed by atoms with Crippen LogP contribution in [-0.2, 0) is 4.74 Å². The molecular weight excluding hydrogens is 228 g/mol. The number of nitrogens with two attached hydrogens (primary N) is 1. The molecule has 0 spiro atoms. The zero-order chi connectivity index (χ0) is 13.3. The van der Waals surface area contributed by atoms with E-state index in [1.165, 1.54) is 19.4 Å². The van der Waals surface area contributed by atoms with Crippen LogP contribution < -0.4 is 5.73 Å². The lowest BCUT2D eigenvalue weighted by atomic mass is 9.79. The summed E-state index contributed by atoms with van der Waals surface area (Å²) in [5.74, 6) is 0.906. The number of amides is 1. The minimum absolute atomic E-state index is 0.00202. The van der Waals surface area contributed by atoms with Crippen LogP contribution in [0.1, 0.15) is 46.5 Å². The van der Waals surface area contributed by atoms with E-state index in [9.17, 15) is 4.79 Å². The van der Waals surface area contributed by atoms with Crippen LogP contribution in [-0.4, -0.2) is 36.2 Å². The van der Waals surface area contributed by atoms with Gasteiger partial charge >= 0.3 is 6.09 Å².